The normalized spacial score (nSPS) is 21.5. The van der Waals surface area contributed by atoms with E-state index in [0.29, 0.717) is 12.8 Å². The monoisotopic (exact) mass is 479 g/mol. The first-order valence-electron chi connectivity index (χ1n) is 12.2. The lowest BCUT2D eigenvalue weighted by atomic mass is 9.96. The Morgan fingerprint density at radius 1 is 0.771 bits per heavy atom. The van der Waals surface area contributed by atoms with Gasteiger partial charge in [0.05, 0.1) is 6.10 Å². The van der Waals surface area contributed by atoms with E-state index in [-0.39, 0.29) is 41.5 Å². The average Bonchev–Trinajstić information content (AvgIpc) is 3.13. The molecule has 3 aromatic carbocycles. The van der Waals surface area contributed by atoms with Gasteiger partial charge in [-0.15, -0.1) is 0 Å². The number of fused-ring (bicyclic) bond motifs is 2. The molecule has 1 unspecified atom stereocenters. The standard InChI is InChI=1S/C29H28F3NO2/c30-22-8-1-19(2-9-22)3-16-28(34)33-25-14-15-26(33)18-27(17-25)35-29(20-4-10-23(31)11-5-20)21-6-12-24(32)13-7-21/h1-2,4-13,25-27,29H,3,14-18H2/t25-,26+,27?. The molecule has 2 aliphatic rings. The number of hydrogen-bond donors (Lipinski definition) is 0. The number of piperidine rings is 1. The number of aryl methyl sites for hydroxylation is 1. The highest BCUT2D eigenvalue weighted by atomic mass is 19.1. The van der Waals surface area contributed by atoms with Crippen molar-refractivity contribution in [3.63, 3.8) is 0 Å². The number of carbonyl (C=O) groups is 1. The SMILES string of the molecule is O=C(CCc1ccc(F)cc1)N1[C@@H]2CC[C@H]1CC(OC(c1ccc(F)cc1)c1ccc(F)cc1)C2. The molecule has 35 heavy (non-hydrogen) atoms. The fraction of sp³-hybridized carbons (Fsp3) is 0.345. The number of halogens is 3. The summed E-state index contributed by atoms with van der Waals surface area (Å²) in [7, 11) is 0. The molecule has 182 valence electrons. The highest BCUT2D eigenvalue weighted by Crippen LogP contribution is 2.40. The zero-order chi connectivity index (χ0) is 24.4. The van der Waals surface area contributed by atoms with E-state index in [0.717, 1.165) is 42.4 Å². The van der Waals surface area contributed by atoms with Gasteiger partial charge >= 0.3 is 0 Å². The molecule has 6 heteroatoms. The van der Waals surface area contributed by atoms with Crippen molar-refractivity contribution in [3.05, 3.63) is 107 Å². The van der Waals surface area contributed by atoms with Gasteiger partial charge in [-0.1, -0.05) is 36.4 Å². The quantitative estimate of drug-likeness (QED) is 0.394. The van der Waals surface area contributed by atoms with E-state index in [1.54, 1.807) is 36.4 Å². The molecule has 2 fully saturated rings. The Hall–Kier alpha value is -3.12. The minimum Gasteiger partial charge on any atom is -0.365 e. The largest absolute Gasteiger partial charge is 0.365 e. The third kappa shape index (κ3) is 5.43. The van der Waals surface area contributed by atoms with E-state index in [9.17, 15) is 18.0 Å². The molecule has 0 saturated carbocycles. The second kappa shape index (κ2) is 10.2. The number of amides is 1. The van der Waals surface area contributed by atoms with Crippen LogP contribution < -0.4 is 0 Å². The summed E-state index contributed by atoms with van der Waals surface area (Å²) < 4.78 is 46.8. The summed E-state index contributed by atoms with van der Waals surface area (Å²) in [5.41, 5.74) is 2.57. The summed E-state index contributed by atoms with van der Waals surface area (Å²) in [6.45, 7) is 0. The molecule has 3 atom stereocenters. The molecular formula is C29H28F3NO2. The molecule has 1 amide bonds. The highest BCUT2D eigenvalue weighted by Gasteiger charge is 2.44. The van der Waals surface area contributed by atoms with E-state index in [4.69, 9.17) is 4.74 Å². The molecule has 0 N–H and O–H groups in total. The number of ether oxygens (including phenoxy) is 1. The number of carbonyl (C=O) groups excluding carboxylic acids is 1. The van der Waals surface area contributed by atoms with Crippen molar-refractivity contribution in [2.24, 2.45) is 0 Å². The van der Waals surface area contributed by atoms with Gasteiger partial charge in [0.15, 0.2) is 0 Å². The lowest BCUT2D eigenvalue weighted by molar-refractivity contribution is -0.139. The van der Waals surface area contributed by atoms with Gasteiger partial charge in [-0.25, -0.2) is 13.2 Å². The van der Waals surface area contributed by atoms with Crippen LogP contribution in [0.4, 0.5) is 13.2 Å². The van der Waals surface area contributed by atoms with Crippen LogP contribution in [0.2, 0.25) is 0 Å². The van der Waals surface area contributed by atoms with Gasteiger partial charge in [0, 0.05) is 18.5 Å². The van der Waals surface area contributed by atoms with Crippen LogP contribution in [0.1, 0.15) is 54.9 Å². The topological polar surface area (TPSA) is 29.5 Å². The lowest BCUT2D eigenvalue weighted by Gasteiger charge is -2.40. The zero-order valence-corrected chi connectivity index (χ0v) is 19.4. The van der Waals surface area contributed by atoms with E-state index in [2.05, 4.69) is 0 Å². The predicted octanol–water partition coefficient (Wildman–Crippen LogP) is 6.36. The van der Waals surface area contributed by atoms with Crippen LogP contribution in [-0.2, 0) is 16.0 Å². The lowest BCUT2D eigenvalue weighted by Crippen LogP contribution is -2.48. The molecular weight excluding hydrogens is 451 g/mol. The smallest absolute Gasteiger partial charge is 0.223 e. The molecule has 0 aromatic heterocycles. The first kappa shape index (κ1) is 23.6. The summed E-state index contributed by atoms with van der Waals surface area (Å²) in [6.07, 6.45) is 3.85. The summed E-state index contributed by atoms with van der Waals surface area (Å²) in [5, 5.41) is 0. The first-order chi connectivity index (χ1) is 17.0. The van der Waals surface area contributed by atoms with E-state index < -0.39 is 6.10 Å². The van der Waals surface area contributed by atoms with Crippen molar-refractivity contribution in [2.75, 3.05) is 0 Å². The van der Waals surface area contributed by atoms with Gasteiger partial charge in [0.1, 0.15) is 23.6 Å². The second-order valence-corrected chi connectivity index (χ2v) is 9.53. The van der Waals surface area contributed by atoms with Crippen LogP contribution in [0.3, 0.4) is 0 Å². The number of rotatable bonds is 7. The Kier molecular flexibility index (Phi) is 6.91. The minimum absolute atomic E-state index is 0.0613. The van der Waals surface area contributed by atoms with Crippen LogP contribution >= 0.6 is 0 Å². The minimum atomic E-state index is -0.443. The van der Waals surface area contributed by atoms with E-state index in [1.165, 1.54) is 36.4 Å². The van der Waals surface area contributed by atoms with Gasteiger partial charge in [-0.2, -0.15) is 0 Å². The molecule has 2 saturated heterocycles. The molecule has 0 spiro atoms. The maximum absolute atomic E-state index is 13.5. The van der Waals surface area contributed by atoms with Crippen molar-refractivity contribution in [3.8, 4) is 0 Å². The van der Waals surface area contributed by atoms with Crippen molar-refractivity contribution in [1.82, 2.24) is 4.90 Å². The second-order valence-electron chi connectivity index (χ2n) is 9.53. The van der Waals surface area contributed by atoms with E-state index >= 15 is 0 Å². The number of benzene rings is 3. The van der Waals surface area contributed by atoms with Crippen LogP contribution in [0.25, 0.3) is 0 Å². The molecule has 0 aliphatic carbocycles. The van der Waals surface area contributed by atoms with Gasteiger partial charge in [0.2, 0.25) is 5.91 Å². The molecule has 3 nitrogen and oxygen atoms in total. The van der Waals surface area contributed by atoms with Gasteiger partial charge in [0.25, 0.3) is 0 Å². The maximum atomic E-state index is 13.5. The molecule has 2 aliphatic heterocycles. The fourth-order valence-corrected chi connectivity index (χ4v) is 5.49. The van der Waals surface area contributed by atoms with Gasteiger partial charge in [-0.05, 0) is 85.2 Å². The summed E-state index contributed by atoms with van der Waals surface area (Å²) in [4.78, 5) is 15.1. The van der Waals surface area contributed by atoms with Crippen LogP contribution in [-0.4, -0.2) is 29.0 Å². The molecule has 5 rings (SSSR count). The number of nitrogens with zero attached hydrogens (tertiary/aromatic N) is 1. The third-order valence-corrected chi connectivity index (χ3v) is 7.19. The fourth-order valence-electron chi connectivity index (χ4n) is 5.49. The van der Waals surface area contributed by atoms with Crippen molar-refractivity contribution >= 4 is 5.91 Å². The van der Waals surface area contributed by atoms with Crippen molar-refractivity contribution < 1.29 is 22.7 Å². The Balaban J connectivity index is 1.26. The van der Waals surface area contributed by atoms with Gasteiger partial charge < -0.3 is 9.64 Å². The first-order valence-corrected chi connectivity index (χ1v) is 12.2. The van der Waals surface area contributed by atoms with Crippen LogP contribution in [0.15, 0.2) is 72.8 Å². The molecule has 2 bridgehead atoms. The Bertz CT molecular complexity index is 1090. The van der Waals surface area contributed by atoms with Gasteiger partial charge in [-0.3, -0.25) is 4.79 Å². The Morgan fingerprint density at radius 2 is 1.23 bits per heavy atom. The number of hydrogen-bond acceptors (Lipinski definition) is 2. The summed E-state index contributed by atoms with van der Waals surface area (Å²) in [6, 6.07) is 19.0. The van der Waals surface area contributed by atoms with E-state index in [1.807, 2.05) is 4.90 Å². The van der Waals surface area contributed by atoms with Crippen LogP contribution in [0.5, 0.6) is 0 Å². The Labute approximate surface area is 203 Å². The highest BCUT2D eigenvalue weighted by molar-refractivity contribution is 5.77. The Morgan fingerprint density at radius 3 is 1.71 bits per heavy atom. The molecule has 2 heterocycles. The molecule has 0 radical (unpaired) electrons. The van der Waals surface area contributed by atoms with Crippen LogP contribution in [0, 0.1) is 17.5 Å². The molecule has 3 aromatic rings. The van der Waals surface area contributed by atoms with Crippen molar-refractivity contribution in [1.29, 1.82) is 0 Å². The predicted molar refractivity (Wildman–Crippen MR) is 127 cm³/mol. The third-order valence-electron chi connectivity index (χ3n) is 7.19. The summed E-state index contributed by atoms with van der Waals surface area (Å²) in [5.74, 6) is -0.789. The zero-order valence-electron chi connectivity index (χ0n) is 19.4. The average molecular weight is 480 g/mol. The summed E-state index contributed by atoms with van der Waals surface area (Å²) >= 11 is 0. The van der Waals surface area contributed by atoms with Crippen molar-refractivity contribution in [2.45, 2.75) is 62.8 Å². The maximum Gasteiger partial charge on any atom is 0.223 e.